The topological polar surface area (TPSA) is 61.9 Å². The van der Waals surface area contributed by atoms with Gasteiger partial charge in [0.2, 0.25) is 5.91 Å². The summed E-state index contributed by atoms with van der Waals surface area (Å²) < 4.78 is 57.5. The zero-order chi connectivity index (χ0) is 19.6. The fourth-order valence-electron chi connectivity index (χ4n) is 3.21. The molecule has 2 aliphatic heterocycles. The van der Waals surface area contributed by atoms with Gasteiger partial charge in [0.1, 0.15) is 12.2 Å². The summed E-state index contributed by atoms with van der Waals surface area (Å²) in [6.07, 6.45) is -6.05. The minimum Gasteiger partial charge on any atom is -0.378 e. The Morgan fingerprint density at radius 1 is 1.19 bits per heavy atom. The number of morpholine rings is 1. The van der Waals surface area contributed by atoms with E-state index in [0.29, 0.717) is 26.3 Å². The summed E-state index contributed by atoms with van der Waals surface area (Å²) in [5.74, 6) is -0.377. The van der Waals surface area contributed by atoms with Crippen LogP contribution in [0.4, 0.5) is 28.0 Å². The van der Waals surface area contributed by atoms with Crippen molar-refractivity contribution in [1.29, 1.82) is 0 Å². The third kappa shape index (κ3) is 4.49. The number of ether oxygens (including phenoxy) is 1. The van der Waals surface area contributed by atoms with Crippen LogP contribution in [0.3, 0.4) is 0 Å². The van der Waals surface area contributed by atoms with Crippen molar-refractivity contribution >= 4 is 17.6 Å². The number of hydrogen-bond acceptors (Lipinski definition) is 3. The van der Waals surface area contributed by atoms with Gasteiger partial charge < -0.3 is 19.9 Å². The second-order valence-corrected chi connectivity index (χ2v) is 6.45. The lowest BCUT2D eigenvalue weighted by atomic mass is 10.1. The van der Waals surface area contributed by atoms with Crippen LogP contribution < -0.4 is 5.32 Å². The molecule has 3 amide bonds. The number of carbonyl (C=O) groups is 2. The lowest BCUT2D eigenvalue weighted by Gasteiger charge is -2.32. The number of nitrogens with one attached hydrogen (secondary N) is 1. The lowest BCUT2D eigenvalue weighted by Crippen LogP contribution is -2.51. The molecule has 1 aromatic carbocycles. The van der Waals surface area contributed by atoms with E-state index >= 15 is 0 Å². The van der Waals surface area contributed by atoms with Gasteiger partial charge in [-0.3, -0.25) is 4.79 Å². The average molecular weight is 389 g/mol. The number of urea groups is 1. The highest BCUT2D eigenvalue weighted by molar-refractivity contribution is 5.94. The Labute approximate surface area is 153 Å². The summed E-state index contributed by atoms with van der Waals surface area (Å²) in [6.45, 7) is 1.16. The van der Waals surface area contributed by atoms with Crippen molar-refractivity contribution in [3.05, 3.63) is 29.8 Å². The molecule has 27 heavy (non-hydrogen) atoms. The van der Waals surface area contributed by atoms with E-state index in [4.69, 9.17) is 4.74 Å². The zero-order valence-corrected chi connectivity index (χ0v) is 14.3. The minimum atomic E-state index is -4.55. The van der Waals surface area contributed by atoms with Crippen LogP contribution in [0, 0.1) is 0 Å². The van der Waals surface area contributed by atoms with Gasteiger partial charge in [-0.25, -0.2) is 9.18 Å². The van der Waals surface area contributed by atoms with Gasteiger partial charge in [0, 0.05) is 25.2 Å². The summed E-state index contributed by atoms with van der Waals surface area (Å²) in [5.41, 5.74) is -0.985. The maximum absolute atomic E-state index is 13.9. The molecule has 3 rings (SSSR count). The van der Waals surface area contributed by atoms with Gasteiger partial charge >= 0.3 is 12.2 Å². The second kappa shape index (κ2) is 7.71. The smallest absolute Gasteiger partial charge is 0.378 e. The predicted octanol–water partition coefficient (Wildman–Crippen LogP) is 2.51. The van der Waals surface area contributed by atoms with Gasteiger partial charge in [-0.1, -0.05) is 6.07 Å². The number of nitrogens with zero attached hydrogens (tertiary/aromatic N) is 2. The van der Waals surface area contributed by atoms with Gasteiger partial charge in [0.15, 0.2) is 0 Å². The molecule has 0 unspecified atom stereocenters. The molecule has 2 fully saturated rings. The predicted molar refractivity (Wildman–Crippen MR) is 87.9 cm³/mol. The van der Waals surface area contributed by atoms with Crippen molar-refractivity contribution < 1.29 is 31.9 Å². The van der Waals surface area contributed by atoms with Crippen molar-refractivity contribution in [2.24, 2.45) is 0 Å². The molecule has 1 aromatic rings. The summed E-state index contributed by atoms with van der Waals surface area (Å²) in [4.78, 5) is 27.7. The van der Waals surface area contributed by atoms with Crippen molar-refractivity contribution in [1.82, 2.24) is 9.80 Å². The molecule has 2 heterocycles. The SMILES string of the molecule is O=C([C@@H]1C[C@H](F)CN1C(=O)Nc1cccc(C(F)(F)F)c1)N1CCOCC1. The van der Waals surface area contributed by atoms with Crippen LogP contribution in [0.1, 0.15) is 12.0 Å². The quantitative estimate of drug-likeness (QED) is 0.791. The Balaban J connectivity index is 1.71. The van der Waals surface area contributed by atoms with Crippen molar-refractivity contribution in [3.63, 3.8) is 0 Å². The third-order valence-electron chi connectivity index (χ3n) is 4.56. The largest absolute Gasteiger partial charge is 0.416 e. The van der Waals surface area contributed by atoms with Crippen molar-refractivity contribution in [3.8, 4) is 0 Å². The fourth-order valence-corrected chi connectivity index (χ4v) is 3.21. The summed E-state index contributed by atoms with van der Waals surface area (Å²) >= 11 is 0. The van der Waals surface area contributed by atoms with E-state index in [-0.39, 0.29) is 24.6 Å². The molecular weight excluding hydrogens is 370 g/mol. The molecule has 0 radical (unpaired) electrons. The first-order valence-electron chi connectivity index (χ1n) is 8.51. The van der Waals surface area contributed by atoms with Gasteiger partial charge in [-0.15, -0.1) is 0 Å². The van der Waals surface area contributed by atoms with Crippen LogP contribution in [0.5, 0.6) is 0 Å². The number of alkyl halides is 4. The van der Waals surface area contributed by atoms with E-state index in [0.717, 1.165) is 23.1 Å². The van der Waals surface area contributed by atoms with Gasteiger partial charge in [-0.2, -0.15) is 13.2 Å². The van der Waals surface area contributed by atoms with E-state index in [1.165, 1.54) is 11.0 Å². The number of likely N-dealkylation sites (tertiary alicyclic amines) is 1. The molecule has 0 aromatic heterocycles. The first-order chi connectivity index (χ1) is 12.8. The van der Waals surface area contributed by atoms with Crippen LogP contribution >= 0.6 is 0 Å². The first-order valence-corrected chi connectivity index (χ1v) is 8.51. The number of halogens is 4. The molecule has 10 heteroatoms. The molecule has 2 atom stereocenters. The van der Waals surface area contributed by atoms with E-state index in [2.05, 4.69) is 5.32 Å². The van der Waals surface area contributed by atoms with Gasteiger partial charge in [0.05, 0.1) is 25.3 Å². The number of rotatable bonds is 2. The molecule has 2 aliphatic rings. The van der Waals surface area contributed by atoms with Crippen LogP contribution in [0.15, 0.2) is 24.3 Å². The molecule has 0 saturated carbocycles. The molecule has 0 bridgehead atoms. The van der Waals surface area contributed by atoms with Crippen LogP contribution in [-0.2, 0) is 15.7 Å². The Morgan fingerprint density at radius 3 is 2.56 bits per heavy atom. The van der Waals surface area contributed by atoms with Crippen LogP contribution in [-0.4, -0.2) is 66.8 Å². The monoisotopic (exact) mass is 389 g/mol. The normalized spacial score (nSPS) is 23.4. The highest BCUT2D eigenvalue weighted by atomic mass is 19.4. The van der Waals surface area contributed by atoms with Crippen LogP contribution in [0.2, 0.25) is 0 Å². The van der Waals surface area contributed by atoms with E-state index in [9.17, 15) is 27.2 Å². The standard InChI is InChI=1S/C17H19F4N3O3/c18-12-9-14(15(25)23-4-6-27-7-5-23)24(10-12)16(26)22-13-3-1-2-11(8-13)17(19,20)21/h1-3,8,12,14H,4-7,9-10H2,(H,22,26)/t12-,14-/m0/s1. The zero-order valence-electron chi connectivity index (χ0n) is 14.3. The van der Waals surface area contributed by atoms with E-state index in [1.54, 1.807) is 0 Å². The highest BCUT2D eigenvalue weighted by Crippen LogP contribution is 2.31. The molecule has 6 nitrogen and oxygen atoms in total. The Bertz CT molecular complexity index is 707. The summed E-state index contributed by atoms with van der Waals surface area (Å²) in [6, 6.07) is 2.35. The number of anilines is 1. The minimum absolute atomic E-state index is 0.0743. The van der Waals surface area contributed by atoms with E-state index in [1.807, 2.05) is 0 Å². The number of carbonyl (C=O) groups excluding carboxylic acids is 2. The third-order valence-corrected chi connectivity index (χ3v) is 4.56. The molecule has 2 saturated heterocycles. The molecule has 0 spiro atoms. The second-order valence-electron chi connectivity index (χ2n) is 6.45. The first kappa shape index (κ1) is 19.4. The molecule has 1 N–H and O–H groups in total. The molecule has 148 valence electrons. The maximum Gasteiger partial charge on any atom is 0.416 e. The highest BCUT2D eigenvalue weighted by Gasteiger charge is 2.42. The summed E-state index contributed by atoms with van der Waals surface area (Å²) in [7, 11) is 0. The maximum atomic E-state index is 13.9. The Kier molecular flexibility index (Phi) is 5.54. The number of hydrogen-bond donors (Lipinski definition) is 1. The average Bonchev–Trinajstić information content (AvgIpc) is 3.03. The molecular formula is C17H19F4N3O3. The van der Waals surface area contributed by atoms with Gasteiger partial charge in [-0.05, 0) is 18.2 Å². The summed E-state index contributed by atoms with van der Waals surface area (Å²) in [5, 5.41) is 2.33. The van der Waals surface area contributed by atoms with Crippen LogP contribution in [0.25, 0.3) is 0 Å². The van der Waals surface area contributed by atoms with Crippen molar-refractivity contribution in [2.45, 2.75) is 24.8 Å². The van der Waals surface area contributed by atoms with Crippen molar-refractivity contribution in [2.75, 3.05) is 38.2 Å². The Morgan fingerprint density at radius 2 is 1.89 bits per heavy atom. The Hall–Kier alpha value is -2.36. The number of benzene rings is 1. The fraction of sp³-hybridized carbons (Fsp3) is 0.529. The molecule has 0 aliphatic carbocycles. The lowest BCUT2D eigenvalue weighted by molar-refractivity contribution is -0.139. The van der Waals surface area contributed by atoms with Gasteiger partial charge in [0.25, 0.3) is 0 Å². The number of amides is 3. The van der Waals surface area contributed by atoms with E-state index < -0.39 is 30.0 Å².